The molecule has 0 aliphatic rings. The van der Waals surface area contributed by atoms with Crippen LogP contribution in [-0.4, -0.2) is 35.3 Å². The monoisotopic (exact) mass is 388 g/mol. The number of benzene rings is 2. The first-order valence-corrected chi connectivity index (χ1v) is 9.10. The molecule has 1 heterocycles. The van der Waals surface area contributed by atoms with Gasteiger partial charge in [0, 0.05) is 16.3 Å². The van der Waals surface area contributed by atoms with E-state index < -0.39 is 0 Å². The van der Waals surface area contributed by atoms with Crippen LogP contribution in [0.4, 0.5) is 0 Å². The van der Waals surface area contributed by atoms with E-state index in [1.165, 1.54) is 0 Å². The van der Waals surface area contributed by atoms with Gasteiger partial charge in [-0.2, -0.15) is 9.78 Å². The second-order valence-electron chi connectivity index (χ2n) is 5.20. The molecule has 0 saturated carbocycles. The Balaban J connectivity index is 1.74. The van der Waals surface area contributed by atoms with E-state index in [0.29, 0.717) is 16.7 Å². The van der Waals surface area contributed by atoms with E-state index in [1.807, 2.05) is 42.5 Å². The summed E-state index contributed by atoms with van der Waals surface area (Å²) >= 11 is 7.45. The van der Waals surface area contributed by atoms with Crippen LogP contribution in [0, 0.1) is 0 Å². The van der Waals surface area contributed by atoms with E-state index in [2.05, 4.69) is 15.3 Å². The Kier molecular flexibility index (Phi) is 6.14. The number of hydrogen-bond acceptors (Lipinski definition) is 6. The maximum atomic E-state index is 5.91. The third-order valence-electron chi connectivity index (χ3n) is 3.54. The molecule has 0 spiro atoms. The van der Waals surface area contributed by atoms with E-state index in [0.717, 1.165) is 21.9 Å². The van der Waals surface area contributed by atoms with Gasteiger partial charge in [0.25, 0.3) is 0 Å². The minimum atomic E-state index is 0.627. The maximum Gasteiger partial charge on any atom is 0.212 e. The highest BCUT2D eigenvalue weighted by Gasteiger charge is 2.09. The number of thioether (sulfide) groups is 1. The number of halogens is 1. The molecule has 0 bridgehead atoms. The fraction of sp³-hybridized carbons (Fsp3) is 0.167. The van der Waals surface area contributed by atoms with Crippen molar-refractivity contribution in [3.63, 3.8) is 0 Å². The zero-order valence-corrected chi connectivity index (χ0v) is 15.9. The summed E-state index contributed by atoms with van der Waals surface area (Å²) in [4.78, 5) is 0. The molecule has 3 aromatic rings. The second-order valence-corrected chi connectivity index (χ2v) is 6.58. The summed E-state index contributed by atoms with van der Waals surface area (Å²) in [6.07, 6.45) is 3.25. The van der Waals surface area contributed by atoms with Gasteiger partial charge in [-0.3, -0.25) is 0 Å². The van der Waals surface area contributed by atoms with Gasteiger partial charge in [-0.1, -0.05) is 41.6 Å². The second kappa shape index (κ2) is 8.73. The van der Waals surface area contributed by atoms with Gasteiger partial charge >= 0.3 is 0 Å². The Morgan fingerprint density at radius 3 is 2.69 bits per heavy atom. The molecule has 6 nitrogen and oxygen atoms in total. The van der Waals surface area contributed by atoms with Gasteiger partial charge in [0.1, 0.15) is 6.33 Å². The van der Waals surface area contributed by atoms with Gasteiger partial charge in [0.15, 0.2) is 11.5 Å². The Morgan fingerprint density at radius 1 is 1.15 bits per heavy atom. The van der Waals surface area contributed by atoms with Gasteiger partial charge in [-0.05, 0) is 29.8 Å². The highest BCUT2D eigenvalue weighted by Crippen LogP contribution is 2.29. The average molecular weight is 389 g/mol. The third-order valence-corrected chi connectivity index (χ3v) is 4.79. The van der Waals surface area contributed by atoms with E-state index in [4.69, 9.17) is 21.1 Å². The van der Waals surface area contributed by atoms with Crippen LogP contribution in [0.3, 0.4) is 0 Å². The predicted octanol–water partition coefficient (Wildman–Crippen LogP) is 4.12. The summed E-state index contributed by atoms with van der Waals surface area (Å²) in [5, 5.41) is 13.9. The molecular formula is C18H17ClN4O2S. The lowest BCUT2D eigenvalue weighted by atomic mass is 10.2. The standard InChI is InChI=1S/C18H17ClN4O2S/c1-24-16-5-3-4-14(17(16)25-2)10-21-23-12-20-22-18(23)26-11-13-6-8-15(19)9-7-13/h3-10,12H,11H2,1-2H3/b21-10-. The maximum absolute atomic E-state index is 5.91. The molecule has 0 saturated heterocycles. The molecule has 2 aromatic carbocycles. The molecule has 26 heavy (non-hydrogen) atoms. The van der Waals surface area contributed by atoms with Gasteiger partial charge < -0.3 is 9.47 Å². The lowest BCUT2D eigenvalue weighted by Crippen LogP contribution is -1.97. The van der Waals surface area contributed by atoms with Gasteiger partial charge in [-0.15, -0.1) is 10.2 Å². The van der Waals surface area contributed by atoms with Crippen molar-refractivity contribution in [1.82, 2.24) is 14.9 Å². The molecule has 134 valence electrons. The molecular weight excluding hydrogens is 372 g/mol. The topological polar surface area (TPSA) is 61.5 Å². The van der Waals surface area contributed by atoms with Crippen molar-refractivity contribution in [3.05, 3.63) is 64.9 Å². The first kappa shape index (κ1) is 18.3. The summed E-state index contributed by atoms with van der Waals surface area (Å²) < 4.78 is 12.3. The Morgan fingerprint density at radius 2 is 1.96 bits per heavy atom. The molecule has 0 unspecified atom stereocenters. The van der Waals surface area contributed by atoms with Crippen LogP contribution in [-0.2, 0) is 5.75 Å². The molecule has 1 aromatic heterocycles. The van der Waals surface area contributed by atoms with Crippen molar-refractivity contribution in [2.45, 2.75) is 10.9 Å². The minimum Gasteiger partial charge on any atom is -0.493 e. The van der Waals surface area contributed by atoms with Crippen LogP contribution in [0.15, 0.2) is 59.0 Å². The zero-order chi connectivity index (χ0) is 18.4. The van der Waals surface area contributed by atoms with Crippen LogP contribution >= 0.6 is 23.4 Å². The van der Waals surface area contributed by atoms with Crippen LogP contribution in [0.1, 0.15) is 11.1 Å². The van der Waals surface area contributed by atoms with Crippen LogP contribution in [0.2, 0.25) is 5.02 Å². The number of hydrogen-bond donors (Lipinski definition) is 0. The fourth-order valence-electron chi connectivity index (χ4n) is 2.26. The largest absolute Gasteiger partial charge is 0.493 e. The quantitative estimate of drug-likeness (QED) is 0.450. The summed E-state index contributed by atoms with van der Waals surface area (Å²) in [5.74, 6) is 2.02. The third kappa shape index (κ3) is 4.36. The Hall–Kier alpha value is -2.51. The number of rotatable bonds is 7. The summed E-state index contributed by atoms with van der Waals surface area (Å²) in [7, 11) is 3.20. The molecule has 0 radical (unpaired) electrons. The van der Waals surface area contributed by atoms with Crippen molar-refractivity contribution < 1.29 is 9.47 Å². The smallest absolute Gasteiger partial charge is 0.212 e. The predicted molar refractivity (Wildman–Crippen MR) is 104 cm³/mol. The van der Waals surface area contributed by atoms with E-state index in [9.17, 15) is 0 Å². The van der Waals surface area contributed by atoms with Crippen LogP contribution in [0.25, 0.3) is 0 Å². The van der Waals surface area contributed by atoms with Crippen molar-refractivity contribution >= 4 is 29.6 Å². The Bertz CT molecular complexity index is 896. The van der Waals surface area contributed by atoms with E-state index in [-0.39, 0.29) is 0 Å². The lowest BCUT2D eigenvalue weighted by Gasteiger charge is -2.09. The van der Waals surface area contributed by atoms with Crippen LogP contribution in [0.5, 0.6) is 11.5 Å². The van der Waals surface area contributed by atoms with Crippen LogP contribution < -0.4 is 9.47 Å². The first-order chi connectivity index (χ1) is 12.7. The van der Waals surface area contributed by atoms with E-state index in [1.54, 1.807) is 43.2 Å². The molecule has 0 fully saturated rings. The zero-order valence-electron chi connectivity index (χ0n) is 14.3. The molecule has 3 rings (SSSR count). The van der Waals surface area contributed by atoms with Crippen molar-refractivity contribution in [1.29, 1.82) is 0 Å². The van der Waals surface area contributed by atoms with E-state index >= 15 is 0 Å². The molecule has 0 amide bonds. The summed E-state index contributed by atoms with van der Waals surface area (Å²) in [5.41, 5.74) is 1.95. The summed E-state index contributed by atoms with van der Waals surface area (Å²) in [6.45, 7) is 0. The highest BCUT2D eigenvalue weighted by atomic mass is 35.5. The minimum absolute atomic E-state index is 0.627. The van der Waals surface area contributed by atoms with Crippen molar-refractivity contribution in [2.75, 3.05) is 14.2 Å². The first-order valence-electron chi connectivity index (χ1n) is 7.74. The Labute approximate surface area is 160 Å². The number of para-hydroxylation sites is 1. The molecule has 8 heteroatoms. The normalized spacial score (nSPS) is 11.0. The van der Waals surface area contributed by atoms with Gasteiger partial charge in [0.05, 0.1) is 20.4 Å². The van der Waals surface area contributed by atoms with Gasteiger partial charge in [0.2, 0.25) is 5.16 Å². The lowest BCUT2D eigenvalue weighted by molar-refractivity contribution is 0.354. The molecule has 0 N–H and O–H groups in total. The molecule has 0 aliphatic heterocycles. The number of aromatic nitrogens is 3. The van der Waals surface area contributed by atoms with Crippen molar-refractivity contribution in [2.24, 2.45) is 5.10 Å². The molecule has 0 aliphatic carbocycles. The van der Waals surface area contributed by atoms with Crippen molar-refractivity contribution in [3.8, 4) is 11.5 Å². The number of nitrogens with zero attached hydrogens (tertiary/aromatic N) is 4. The SMILES string of the molecule is COc1cccc(/C=N\n2cnnc2SCc2ccc(Cl)cc2)c1OC. The summed E-state index contributed by atoms with van der Waals surface area (Å²) in [6, 6.07) is 13.3. The fourth-order valence-corrected chi connectivity index (χ4v) is 3.21. The van der Waals surface area contributed by atoms with Gasteiger partial charge in [-0.25, -0.2) is 0 Å². The highest BCUT2D eigenvalue weighted by molar-refractivity contribution is 7.98. The average Bonchev–Trinajstić information content (AvgIpc) is 3.12. The number of ether oxygens (including phenoxy) is 2. The molecule has 0 atom stereocenters. The number of methoxy groups -OCH3 is 2.